The van der Waals surface area contributed by atoms with Gasteiger partial charge in [-0.05, 0) is 43.4 Å². The molecule has 0 aliphatic carbocycles. The predicted molar refractivity (Wildman–Crippen MR) is 61.6 cm³/mol. The highest BCUT2D eigenvalue weighted by Crippen LogP contribution is 1.90. The van der Waals surface area contributed by atoms with Crippen LogP contribution in [0.1, 0.15) is 20.8 Å². The Balaban J connectivity index is 0. The van der Waals surface area contributed by atoms with Crippen LogP contribution in [-0.4, -0.2) is 28.7 Å². The molecule has 1 unspecified atom stereocenters. The molecule has 78 valence electrons. The average Bonchev–Trinajstić information content (AvgIpc) is 2.06. The van der Waals surface area contributed by atoms with Crippen LogP contribution in [-0.2, 0) is 9.47 Å². The molecule has 0 saturated heterocycles. The van der Waals surface area contributed by atoms with Gasteiger partial charge in [0.1, 0.15) is 0 Å². The van der Waals surface area contributed by atoms with E-state index in [1.54, 1.807) is 22.6 Å². The first-order valence-electron chi connectivity index (χ1n) is 4.09. The summed E-state index contributed by atoms with van der Waals surface area (Å²) in [6.07, 6.45) is 4.63. The van der Waals surface area contributed by atoms with Crippen molar-refractivity contribution in [2.45, 2.75) is 31.2 Å². The number of aliphatic hydroxyl groups is 1. The summed E-state index contributed by atoms with van der Waals surface area (Å²) in [4.78, 5) is 0. The van der Waals surface area contributed by atoms with Crippen LogP contribution in [0.5, 0.6) is 0 Å². The molecule has 0 aromatic rings. The summed E-state index contributed by atoms with van der Waals surface area (Å²) in [5.41, 5.74) is 0. The standard InChI is InChI=1S/C6H14O2.C3H3IO/c1-4-7-6(3)8-5-2;1-2-3(4)5/h6H,4-5H2,1-3H3;1,3,5H. The van der Waals surface area contributed by atoms with E-state index in [0.717, 1.165) is 13.2 Å². The first-order valence-corrected chi connectivity index (χ1v) is 5.34. The number of aliphatic hydroxyl groups excluding tert-OH is 1. The highest BCUT2D eigenvalue weighted by Gasteiger charge is 1.94. The molecule has 1 N–H and O–H groups in total. The van der Waals surface area contributed by atoms with Gasteiger partial charge < -0.3 is 14.6 Å². The molecule has 0 aromatic carbocycles. The van der Waals surface area contributed by atoms with Crippen molar-refractivity contribution in [2.24, 2.45) is 0 Å². The van der Waals surface area contributed by atoms with Crippen LogP contribution in [0, 0.1) is 12.3 Å². The molecule has 0 bridgehead atoms. The Morgan fingerprint density at radius 3 is 1.85 bits per heavy atom. The number of hydrogen-bond acceptors (Lipinski definition) is 3. The zero-order valence-electron chi connectivity index (χ0n) is 8.29. The minimum atomic E-state index is -0.618. The number of rotatable bonds is 4. The van der Waals surface area contributed by atoms with E-state index in [4.69, 9.17) is 14.6 Å². The van der Waals surface area contributed by atoms with E-state index in [1.165, 1.54) is 0 Å². The first-order chi connectivity index (χ1) is 6.08. The minimum Gasteiger partial charge on any atom is -0.371 e. The molecule has 13 heavy (non-hydrogen) atoms. The van der Waals surface area contributed by atoms with Crippen LogP contribution in [0.2, 0.25) is 0 Å². The maximum absolute atomic E-state index is 8.11. The summed E-state index contributed by atoms with van der Waals surface area (Å²) in [5.74, 6) is 2.07. The molecule has 0 spiro atoms. The van der Waals surface area contributed by atoms with Crippen molar-refractivity contribution in [3.8, 4) is 12.3 Å². The Morgan fingerprint density at radius 2 is 1.69 bits per heavy atom. The summed E-state index contributed by atoms with van der Waals surface area (Å²) < 4.78 is 9.50. The van der Waals surface area contributed by atoms with Gasteiger partial charge >= 0.3 is 0 Å². The quantitative estimate of drug-likeness (QED) is 0.372. The van der Waals surface area contributed by atoms with Gasteiger partial charge in [-0.3, -0.25) is 0 Å². The summed E-state index contributed by atoms with van der Waals surface area (Å²) >= 11 is 1.73. The lowest BCUT2D eigenvalue weighted by Gasteiger charge is -2.09. The van der Waals surface area contributed by atoms with Crippen molar-refractivity contribution in [1.82, 2.24) is 0 Å². The van der Waals surface area contributed by atoms with E-state index in [-0.39, 0.29) is 6.29 Å². The number of halogens is 1. The second-order valence-corrected chi connectivity index (χ2v) is 3.16. The fourth-order valence-corrected chi connectivity index (χ4v) is 0.518. The van der Waals surface area contributed by atoms with E-state index in [0.29, 0.717) is 0 Å². The lowest BCUT2D eigenvalue weighted by molar-refractivity contribution is -0.123. The summed E-state index contributed by atoms with van der Waals surface area (Å²) in [6.45, 7) is 7.25. The van der Waals surface area contributed by atoms with Crippen LogP contribution < -0.4 is 0 Å². The maximum atomic E-state index is 8.11. The molecule has 1 atom stereocenters. The van der Waals surface area contributed by atoms with Crippen LogP contribution >= 0.6 is 22.6 Å². The normalized spacial score (nSPS) is 11.5. The number of ether oxygens (including phenoxy) is 2. The van der Waals surface area contributed by atoms with Crippen molar-refractivity contribution in [2.75, 3.05) is 13.2 Å². The highest BCUT2D eigenvalue weighted by molar-refractivity contribution is 14.1. The van der Waals surface area contributed by atoms with Crippen molar-refractivity contribution in [1.29, 1.82) is 0 Å². The molecule has 0 aromatic heterocycles. The van der Waals surface area contributed by atoms with Crippen molar-refractivity contribution >= 4 is 22.6 Å². The molecular weight excluding hydrogens is 283 g/mol. The third-order valence-electron chi connectivity index (χ3n) is 0.940. The summed E-state index contributed by atoms with van der Waals surface area (Å²) in [6, 6.07) is 0. The summed E-state index contributed by atoms with van der Waals surface area (Å²) in [7, 11) is 0. The smallest absolute Gasteiger partial charge is 0.165 e. The van der Waals surface area contributed by atoms with Crippen LogP contribution in [0.15, 0.2) is 0 Å². The molecular formula is C9H17IO3. The highest BCUT2D eigenvalue weighted by atomic mass is 127. The fraction of sp³-hybridized carbons (Fsp3) is 0.778. The van der Waals surface area contributed by atoms with Crippen molar-refractivity contribution < 1.29 is 14.6 Å². The molecule has 4 heteroatoms. The Kier molecular flexibility index (Phi) is 14.6. The molecule has 0 amide bonds. The second kappa shape index (κ2) is 12.2. The maximum Gasteiger partial charge on any atom is 0.165 e. The molecule has 3 nitrogen and oxygen atoms in total. The van der Waals surface area contributed by atoms with Gasteiger partial charge in [-0.15, -0.1) is 6.42 Å². The van der Waals surface area contributed by atoms with Gasteiger partial charge in [0.25, 0.3) is 0 Å². The molecule has 0 radical (unpaired) electrons. The molecule has 0 saturated carbocycles. The SMILES string of the molecule is C#CC(O)I.CCOC(C)OCC. The Labute approximate surface area is 93.9 Å². The molecule has 0 fully saturated rings. The molecule has 0 rings (SSSR count). The predicted octanol–water partition coefficient (Wildman–Crippen LogP) is 1.78. The number of alkyl halides is 1. The Hall–Kier alpha value is 0.170. The van der Waals surface area contributed by atoms with Crippen molar-refractivity contribution in [3.05, 3.63) is 0 Å². The van der Waals surface area contributed by atoms with Gasteiger partial charge in [0.2, 0.25) is 0 Å². The monoisotopic (exact) mass is 300 g/mol. The van der Waals surface area contributed by atoms with E-state index in [9.17, 15) is 0 Å². The average molecular weight is 300 g/mol. The summed E-state index contributed by atoms with van der Waals surface area (Å²) in [5, 5.41) is 8.11. The van der Waals surface area contributed by atoms with Gasteiger partial charge in [-0.2, -0.15) is 0 Å². The lowest BCUT2D eigenvalue weighted by atomic mass is 10.7. The third-order valence-corrected chi connectivity index (χ3v) is 1.30. The number of hydrogen-bond donors (Lipinski definition) is 1. The Bertz CT molecular complexity index is 125. The lowest BCUT2D eigenvalue weighted by Crippen LogP contribution is -2.11. The van der Waals surface area contributed by atoms with Gasteiger partial charge in [-0.25, -0.2) is 0 Å². The molecule has 0 aliphatic rings. The largest absolute Gasteiger partial charge is 0.371 e. The van der Waals surface area contributed by atoms with Crippen molar-refractivity contribution in [3.63, 3.8) is 0 Å². The molecule has 0 heterocycles. The first kappa shape index (κ1) is 15.6. The van der Waals surface area contributed by atoms with E-state index >= 15 is 0 Å². The van der Waals surface area contributed by atoms with E-state index in [1.807, 2.05) is 20.8 Å². The third kappa shape index (κ3) is 18.9. The van der Waals surface area contributed by atoms with Crippen LogP contribution in [0.25, 0.3) is 0 Å². The van der Waals surface area contributed by atoms with E-state index < -0.39 is 4.11 Å². The topological polar surface area (TPSA) is 38.7 Å². The van der Waals surface area contributed by atoms with Gasteiger partial charge in [-0.1, -0.05) is 5.92 Å². The minimum absolute atomic E-state index is 0.0370. The van der Waals surface area contributed by atoms with Crippen LogP contribution in [0.4, 0.5) is 0 Å². The zero-order valence-corrected chi connectivity index (χ0v) is 10.4. The van der Waals surface area contributed by atoms with Gasteiger partial charge in [0.05, 0.1) is 0 Å². The second-order valence-electron chi connectivity index (χ2n) is 1.98. The van der Waals surface area contributed by atoms with Crippen LogP contribution in [0.3, 0.4) is 0 Å². The number of terminal acetylenes is 1. The Morgan fingerprint density at radius 1 is 1.38 bits per heavy atom. The fourth-order valence-electron chi connectivity index (χ4n) is 0.518. The van der Waals surface area contributed by atoms with Gasteiger partial charge in [0.15, 0.2) is 10.4 Å². The zero-order chi connectivity index (χ0) is 10.7. The molecule has 0 aliphatic heterocycles. The van der Waals surface area contributed by atoms with E-state index in [2.05, 4.69) is 12.3 Å². The van der Waals surface area contributed by atoms with Gasteiger partial charge in [0, 0.05) is 13.2 Å².